The number of rotatable bonds is 34. The summed E-state index contributed by atoms with van der Waals surface area (Å²) >= 11 is 0. The molecule has 6 unspecified atom stereocenters. The molecule has 324 valence electrons. The highest BCUT2D eigenvalue weighted by molar-refractivity contribution is 7.47. The quantitative estimate of drug-likeness (QED) is 0.0160. The van der Waals surface area contributed by atoms with Gasteiger partial charge in [0, 0.05) is 13.0 Å². The number of phosphoric acid groups is 1. The van der Waals surface area contributed by atoms with Crippen molar-refractivity contribution < 1.29 is 58.3 Å². The Morgan fingerprint density at radius 2 is 1.05 bits per heavy atom. The first-order valence-corrected chi connectivity index (χ1v) is 22.6. The molecule has 0 aliphatic heterocycles. The van der Waals surface area contributed by atoms with Crippen LogP contribution in [0.4, 0.5) is 0 Å². The third-order valence-corrected chi connectivity index (χ3v) is 10.4. The van der Waals surface area contributed by atoms with Gasteiger partial charge in [0.05, 0.1) is 13.2 Å². The molecule has 13 heteroatoms. The molecule has 0 spiro atoms. The van der Waals surface area contributed by atoms with Crippen LogP contribution in [-0.4, -0.2) is 98.9 Å². The van der Waals surface area contributed by atoms with Crippen molar-refractivity contribution in [3.63, 3.8) is 0 Å². The smallest absolute Gasteiger partial charge is 0.457 e. The van der Waals surface area contributed by atoms with E-state index in [1.165, 1.54) is 44.9 Å². The summed E-state index contributed by atoms with van der Waals surface area (Å²) in [6, 6.07) is 0. The van der Waals surface area contributed by atoms with Crippen molar-refractivity contribution in [2.24, 2.45) is 0 Å². The van der Waals surface area contributed by atoms with Gasteiger partial charge >= 0.3 is 13.8 Å². The Balaban J connectivity index is 2.47. The van der Waals surface area contributed by atoms with Crippen molar-refractivity contribution >= 4 is 13.8 Å². The van der Waals surface area contributed by atoms with Gasteiger partial charge < -0.3 is 39.9 Å². The van der Waals surface area contributed by atoms with Gasteiger partial charge in [0.2, 0.25) is 0 Å². The maximum Gasteiger partial charge on any atom is 0.472 e. The van der Waals surface area contributed by atoms with E-state index >= 15 is 0 Å². The van der Waals surface area contributed by atoms with Gasteiger partial charge in [-0.05, 0) is 57.8 Å². The second kappa shape index (κ2) is 34.0. The lowest BCUT2D eigenvalue weighted by Gasteiger charge is -2.41. The fourth-order valence-corrected chi connectivity index (χ4v) is 7.00. The minimum absolute atomic E-state index is 0.107. The van der Waals surface area contributed by atoms with E-state index in [1.54, 1.807) is 0 Å². The summed E-state index contributed by atoms with van der Waals surface area (Å²) in [5.41, 5.74) is 0. The Kier molecular flexibility index (Phi) is 31.6. The first-order chi connectivity index (χ1) is 27.0. The molecule has 0 amide bonds. The van der Waals surface area contributed by atoms with Crippen LogP contribution in [-0.2, 0) is 27.9 Å². The average molecular weight is 815 g/mol. The van der Waals surface area contributed by atoms with Crippen LogP contribution in [0.2, 0.25) is 0 Å². The zero-order chi connectivity index (χ0) is 41.3. The molecule has 0 bridgehead atoms. The first-order valence-electron chi connectivity index (χ1n) is 21.1. The summed E-state index contributed by atoms with van der Waals surface area (Å²) in [6.07, 6.45) is 28.8. The van der Waals surface area contributed by atoms with Crippen molar-refractivity contribution in [3.8, 4) is 0 Å². The number of hydrogen-bond donors (Lipinski definition) is 6. The van der Waals surface area contributed by atoms with Gasteiger partial charge in [-0.3, -0.25) is 13.8 Å². The number of allylic oxidation sites excluding steroid dienone is 10. The van der Waals surface area contributed by atoms with E-state index in [1.807, 2.05) is 0 Å². The number of esters is 1. The number of carbonyl (C=O) groups is 1. The van der Waals surface area contributed by atoms with E-state index in [4.69, 9.17) is 18.5 Å². The second-order valence-electron chi connectivity index (χ2n) is 14.5. The molecule has 0 saturated heterocycles. The van der Waals surface area contributed by atoms with E-state index in [0.29, 0.717) is 13.0 Å². The highest BCUT2D eigenvalue weighted by atomic mass is 31.2. The number of aliphatic hydroxyl groups is 5. The fraction of sp³-hybridized carbons (Fsp3) is 0.744. The van der Waals surface area contributed by atoms with Crippen LogP contribution >= 0.6 is 7.82 Å². The zero-order valence-electron chi connectivity index (χ0n) is 34.2. The number of carbonyl (C=O) groups excluding carboxylic acids is 1. The van der Waals surface area contributed by atoms with Gasteiger partial charge in [-0.2, -0.15) is 0 Å². The molecule has 12 nitrogen and oxygen atoms in total. The maximum atomic E-state index is 12.8. The minimum Gasteiger partial charge on any atom is -0.457 e. The van der Waals surface area contributed by atoms with Gasteiger partial charge in [0.1, 0.15) is 42.7 Å². The van der Waals surface area contributed by atoms with Gasteiger partial charge in [0.15, 0.2) is 0 Å². The van der Waals surface area contributed by atoms with Crippen molar-refractivity contribution in [2.45, 2.75) is 185 Å². The summed E-state index contributed by atoms with van der Waals surface area (Å²) in [5, 5.41) is 50.0. The number of ether oxygens (including phenoxy) is 2. The van der Waals surface area contributed by atoms with Crippen molar-refractivity contribution in [2.75, 3.05) is 19.8 Å². The maximum absolute atomic E-state index is 12.8. The lowest BCUT2D eigenvalue weighted by Crippen LogP contribution is -2.64. The Hall–Kier alpha value is -1.96. The van der Waals surface area contributed by atoms with Crippen LogP contribution in [0.15, 0.2) is 60.8 Å². The Morgan fingerprint density at radius 3 is 1.57 bits per heavy atom. The fourth-order valence-electron chi connectivity index (χ4n) is 6.03. The molecule has 1 rings (SSSR count). The third-order valence-electron chi connectivity index (χ3n) is 9.40. The largest absolute Gasteiger partial charge is 0.472 e. The van der Waals surface area contributed by atoms with Gasteiger partial charge in [-0.15, -0.1) is 0 Å². The molecule has 56 heavy (non-hydrogen) atoms. The third kappa shape index (κ3) is 26.1. The van der Waals surface area contributed by atoms with Gasteiger partial charge in [0.25, 0.3) is 0 Å². The predicted molar refractivity (Wildman–Crippen MR) is 221 cm³/mol. The molecule has 6 atom stereocenters. The topological polar surface area (TPSA) is 192 Å². The van der Waals surface area contributed by atoms with Crippen LogP contribution in [0.25, 0.3) is 0 Å². The van der Waals surface area contributed by atoms with E-state index in [9.17, 15) is 39.8 Å². The highest BCUT2D eigenvalue weighted by Crippen LogP contribution is 2.47. The molecule has 1 fully saturated rings. The molecule has 6 N–H and O–H groups in total. The number of unbranched alkanes of at least 4 members (excludes halogenated alkanes) is 12. The molecule has 1 saturated carbocycles. The lowest BCUT2D eigenvalue weighted by molar-refractivity contribution is -0.220. The Morgan fingerprint density at radius 1 is 0.589 bits per heavy atom. The van der Waals surface area contributed by atoms with E-state index < -0.39 is 63.1 Å². The lowest BCUT2D eigenvalue weighted by atomic mass is 9.85. The summed E-state index contributed by atoms with van der Waals surface area (Å²) < 4.78 is 34.0. The minimum atomic E-state index is -5.02. The Bertz CT molecular complexity index is 1160. The summed E-state index contributed by atoms with van der Waals surface area (Å²) in [6.45, 7) is 4.01. The SMILES string of the molecule is CC/C=C\C/C=C\C/C=C\C/C=C\C/C=C\CCCCOCC(COP(=O)(O)OC1C(O)C(O)C(O)C(O)C1O)OC(=O)CCCCCCCCCCCCC. The van der Waals surface area contributed by atoms with Crippen LogP contribution in [0.1, 0.15) is 142 Å². The normalized spacial score (nSPS) is 23.6. The highest BCUT2D eigenvalue weighted by Gasteiger charge is 2.51. The van der Waals surface area contributed by atoms with Crippen LogP contribution in [0.3, 0.4) is 0 Å². The standard InChI is InChI=1S/C43H75O12P/c1-3-5-7-9-11-13-15-16-17-18-19-20-21-23-25-27-29-31-33-52-34-36(54-37(44)32-30-28-26-24-22-14-12-10-8-6-4-2)35-53-56(50,51)55-43-41(48)39(46)38(45)40(47)42(43)49/h5,7,11,13,16-17,19-20,23,25,36,38-43,45-49H,3-4,6,8-10,12,14-15,18,21-22,24,26-35H2,1-2H3,(H,50,51)/b7-5-,13-11-,17-16-,20-19-,25-23-. The van der Waals surface area contributed by atoms with E-state index in [2.05, 4.69) is 74.6 Å². The molecular weight excluding hydrogens is 739 g/mol. The molecule has 1 aliphatic carbocycles. The Labute approximate surface area is 337 Å². The molecule has 0 aromatic heterocycles. The average Bonchev–Trinajstić information content (AvgIpc) is 3.18. The molecular formula is C43H75O12P. The second-order valence-corrected chi connectivity index (χ2v) is 15.9. The zero-order valence-corrected chi connectivity index (χ0v) is 35.1. The van der Waals surface area contributed by atoms with E-state index in [-0.39, 0.29) is 13.0 Å². The molecule has 0 aromatic carbocycles. The van der Waals surface area contributed by atoms with Crippen LogP contribution in [0.5, 0.6) is 0 Å². The first kappa shape index (κ1) is 52.1. The van der Waals surface area contributed by atoms with Gasteiger partial charge in [-0.1, -0.05) is 139 Å². The van der Waals surface area contributed by atoms with Crippen molar-refractivity contribution in [3.05, 3.63) is 60.8 Å². The predicted octanol–water partition coefficient (Wildman–Crippen LogP) is 7.86. The molecule has 1 aliphatic rings. The van der Waals surface area contributed by atoms with Crippen LogP contribution in [0, 0.1) is 0 Å². The number of aliphatic hydroxyl groups excluding tert-OH is 5. The summed E-state index contributed by atoms with van der Waals surface area (Å²) in [5.74, 6) is -0.497. The molecule has 0 heterocycles. The van der Waals surface area contributed by atoms with Crippen LogP contribution < -0.4 is 0 Å². The van der Waals surface area contributed by atoms with Crippen molar-refractivity contribution in [1.29, 1.82) is 0 Å². The molecule has 0 aromatic rings. The van der Waals surface area contributed by atoms with E-state index in [0.717, 1.165) is 70.6 Å². The van der Waals surface area contributed by atoms with Crippen molar-refractivity contribution in [1.82, 2.24) is 0 Å². The van der Waals surface area contributed by atoms with Gasteiger partial charge in [-0.25, -0.2) is 4.57 Å². The number of hydrogen-bond acceptors (Lipinski definition) is 11. The summed E-state index contributed by atoms with van der Waals surface area (Å²) in [4.78, 5) is 23.0. The number of phosphoric ester groups is 1. The summed E-state index contributed by atoms with van der Waals surface area (Å²) in [7, 11) is -5.02. The monoisotopic (exact) mass is 814 g/mol. The molecule has 0 radical (unpaired) electrons.